The highest BCUT2D eigenvalue weighted by molar-refractivity contribution is 6.13. The summed E-state index contributed by atoms with van der Waals surface area (Å²) in [6.45, 7) is 4.04. The van der Waals surface area contributed by atoms with Crippen molar-refractivity contribution in [2.75, 3.05) is 5.32 Å². The summed E-state index contributed by atoms with van der Waals surface area (Å²) >= 11 is 0. The lowest BCUT2D eigenvalue weighted by Gasteiger charge is -2.22. The van der Waals surface area contributed by atoms with Crippen LogP contribution < -0.4 is 5.32 Å². The van der Waals surface area contributed by atoms with Gasteiger partial charge in [-0.1, -0.05) is 80.8 Å². The van der Waals surface area contributed by atoms with Gasteiger partial charge in [-0.3, -0.25) is 9.78 Å². The van der Waals surface area contributed by atoms with Crippen LogP contribution in [0, 0.1) is 6.92 Å². The molecule has 0 aliphatic heterocycles. The average Bonchev–Trinajstić information content (AvgIpc) is 2.88. The van der Waals surface area contributed by atoms with E-state index < -0.39 is 0 Å². The van der Waals surface area contributed by atoms with Crippen molar-refractivity contribution in [3.8, 4) is 11.1 Å². The Hall–Kier alpha value is -3.46. The maximum absolute atomic E-state index is 13.3. The molecule has 3 aromatic carbocycles. The van der Waals surface area contributed by atoms with Crippen molar-refractivity contribution in [3.05, 3.63) is 95.2 Å². The lowest BCUT2D eigenvalue weighted by molar-refractivity contribution is 0.102. The number of hydrogen-bond acceptors (Lipinski definition) is 2. The molecule has 1 heterocycles. The van der Waals surface area contributed by atoms with Crippen LogP contribution in [0.4, 0.5) is 5.69 Å². The maximum atomic E-state index is 13.3. The number of nitrogens with zero attached hydrogens (tertiary/aromatic N) is 1. The Morgan fingerprint density at radius 1 is 0.912 bits per heavy atom. The van der Waals surface area contributed by atoms with E-state index in [0.717, 1.165) is 39.8 Å². The summed E-state index contributed by atoms with van der Waals surface area (Å²) in [4.78, 5) is 18.0. The molecule has 0 unspecified atom stereocenters. The first-order valence-electron chi connectivity index (χ1n) is 12.5. The molecule has 172 valence electrons. The number of carbonyl (C=O) groups excluding carboxylic acids is 1. The predicted molar refractivity (Wildman–Crippen MR) is 142 cm³/mol. The number of para-hydroxylation sites is 1. The Balaban J connectivity index is 1.44. The molecule has 1 N–H and O–H groups in total. The van der Waals surface area contributed by atoms with Crippen LogP contribution in [0.15, 0.2) is 72.8 Å². The SMILES string of the molecule is CCc1ccccc1NC(=O)c1cc(C)nc2cc(-c3ccc(C4CCCCC4)cc3)ccc12. The number of carbonyl (C=O) groups is 1. The van der Waals surface area contributed by atoms with Gasteiger partial charge in [-0.05, 0) is 72.6 Å². The van der Waals surface area contributed by atoms with Gasteiger partial charge in [0.1, 0.15) is 0 Å². The molecular formula is C31H32N2O. The maximum Gasteiger partial charge on any atom is 0.256 e. The van der Waals surface area contributed by atoms with Crippen molar-refractivity contribution in [2.24, 2.45) is 0 Å². The van der Waals surface area contributed by atoms with Crippen molar-refractivity contribution in [1.29, 1.82) is 0 Å². The second kappa shape index (κ2) is 9.80. The number of pyridine rings is 1. The second-order valence-electron chi connectivity index (χ2n) is 9.46. The molecule has 34 heavy (non-hydrogen) atoms. The molecule has 1 amide bonds. The predicted octanol–water partition coefficient (Wildman–Crippen LogP) is 8.07. The van der Waals surface area contributed by atoms with Gasteiger partial charge in [0.2, 0.25) is 0 Å². The smallest absolute Gasteiger partial charge is 0.256 e. The number of fused-ring (bicyclic) bond motifs is 1. The highest BCUT2D eigenvalue weighted by Gasteiger charge is 2.16. The number of benzene rings is 3. The van der Waals surface area contributed by atoms with Crippen molar-refractivity contribution in [2.45, 2.75) is 58.3 Å². The standard InChI is InChI=1S/C31H32N2O/c1-3-22-9-7-8-12-29(22)33-31(34)28-19-21(2)32-30-20-26(17-18-27(28)30)25-15-13-24(14-16-25)23-10-5-4-6-11-23/h7-9,12-20,23H,3-6,10-11H2,1-2H3,(H,33,34). The molecule has 3 heteroatoms. The molecule has 5 rings (SSSR count). The van der Waals surface area contributed by atoms with Gasteiger partial charge in [0.25, 0.3) is 5.91 Å². The third-order valence-electron chi connectivity index (χ3n) is 7.15. The fourth-order valence-electron chi connectivity index (χ4n) is 5.25. The zero-order chi connectivity index (χ0) is 23.5. The van der Waals surface area contributed by atoms with E-state index in [1.54, 1.807) is 0 Å². The van der Waals surface area contributed by atoms with Gasteiger partial charge < -0.3 is 5.32 Å². The van der Waals surface area contributed by atoms with E-state index in [2.05, 4.69) is 54.7 Å². The fraction of sp³-hybridized carbons (Fsp3) is 0.290. The Bertz CT molecular complexity index is 1320. The summed E-state index contributed by atoms with van der Waals surface area (Å²) < 4.78 is 0. The molecule has 3 nitrogen and oxygen atoms in total. The van der Waals surface area contributed by atoms with E-state index >= 15 is 0 Å². The number of hydrogen-bond donors (Lipinski definition) is 1. The average molecular weight is 449 g/mol. The first kappa shape index (κ1) is 22.3. The van der Waals surface area contributed by atoms with Crippen molar-refractivity contribution in [3.63, 3.8) is 0 Å². The molecule has 1 aliphatic rings. The van der Waals surface area contributed by atoms with Crippen LogP contribution in [-0.4, -0.2) is 10.9 Å². The van der Waals surface area contributed by atoms with Crippen LogP contribution >= 0.6 is 0 Å². The minimum atomic E-state index is -0.0963. The van der Waals surface area contributed by atoms with Crippen LogP contribution in [-0.2, 0) is 6.42 Å². The van der Waals surface area contributed by atoms with Crippen LogP contribution in [0.3, 0.4) is 0 Å². The molecule has 0 spiro atoms. The lowest BCUT2D eigenvalue weighted by atomic mass is 9.83. The normalized spacial score (nSPS) is 14.3. The number of aryl methyl sites for hydroxylation is 2. The third-order valence-corrected chi connectivity index (χ3v) is 7.15. The van der Waals surface area contributed by atoms with Gasteiger partial charge in [-0.2, -0.15) is 0 Å². The summed E-state index contributed by atoms with van der Waals surface area (Å²) in [5, 5.41) is 3.99. The Morgan fingerprint density at radius 3 is 2.41 bits per heavy atom. The molecule has 0 saturated heterocycles. The van der Waals surface area contributed by atoms with E-state index in [9.17, 15) is 4.79 Å². The van der Waals surface area contributed by atoms with Gasteiger partial charge in [-0.15, -0.1) is 0 Å². The minimum absolute atomic E-state index is 0.0963. The molecule has 0 bridgehead atoms. The molecule has 0 atom stereocenters. The number of nitrogens with one attached hydrogen (secondary N) is 1. The van der Waals surface area contributed by atoms with Crippen molar-refractivity contribution >= 4 is 22.5 Å². The first-order chi connectivity index (χ1) is 16.6. The highest BCUT2D eigenvalue weighted by atomic mass is 16.1. The molecule has 1 aromatic heterocycles. The van der Waals surface area contributed by atoms with Crippen molar-refractivity contribution in [1.82, 2.24) is 4.98 Å². The number of rotatable bonds is 5. The number of amides is 1. The lowest BCUT2D eigenvalue weighted by Crippen LogP contribution is -2.14. The third kappa shape index (κ3) is 4.61. The van der Waals surface area contributed by atoms with Crippen LogP contribution in [0.1, 0.15) is 72.1 Å². The van der Waals surface area contributed by atoms with E-state index in [1.807, 2.05) is 37.3 Å². The van der Waals surface area contributed by atoms with Gasteiger partial charge in [-0.25, -0.2) is 0 Å². The van der Waals surface area contributed by atoms with Crippen LogP contribution in [0.5, 0.6) is 0 Å². The van der Waals surface area contributed by atoms with Gasteiger partial charge in [0.05, 0.1) is 11.1 Å². The number of aromatic nitrogens is 1. The van der Waals surface area contributed by atoms with Gasteiger partial charge >= 0.3 is 0 Å². The molecule has 0 radical (unpaired) electrons. The van der Waals surface area contributed by atoms with E-state index in [1.165, 1.54) is 43.2 Å². The molecule has 1 aliphatic carbocycles. The molecule has 1 fully saturated rings. The molecule has 4 aromatic rings. The summed E-state index contributed by atoms with van der Waals surface area (Å²) in [6.07, 6.45) is 7.57. The summed E-state index contributed by atoms with van der Waals surface area (Å²) in [6, 6.07) is 25.1. The van der Waals surface area contributed by atoms with Crippen LogP contribution in [0.25, 0.3) is 22.0 Å². The quantitative estimate of drug-likeness (QED) is 0.335. The Labute approximate surface area is 202 Å². The van der Waals surface area contributed by atoms with E-state index in [0.29, 0.717) is 11.5 Å². The molecular weight excluding hydrogens is 416 g/mol. The fourth-order valence-corrected chi connectivity index (χ4v) is 5.25. The Kier molecular flexibility index (Phi) is 6.44. The van der Waals surface area contributed by atoms with Crippen LogP contribution in [0.2, 0.25) is 0 Å². The first-order valence-corrected chi connectivity index (χ1v) is 12.5. The molecule has 1 saturated carbocycles. The zero-order valence-corrected chi connectivity index (χ0v) is 20.1. The minimum Gasteiger partial charge on any atom is -0.322 e. The second-order valence-corrected chi connectivity index (χ2v) is 9.46. The topological polar surface area (TPSA) is 42.0 Å². The summed E-state index contributed by atoms with van der Waals surface area (Å²) in [5.74, 6) is 0.614. The monoisotopic (exact) mass is 448 g/mol. The van der Waals surface area contributed by atoms with E-state index in [-0.39, 0.29) is 5.91 Å². The largest absolute Gasteiger partial charge is 0.322 e. The van der Waals surface area contributed by atoms with Gasteiger partial charge in [0.15, 0.2) is 0 Å². The Morgan fingerprint density at radius 2 is 1.65 bits per heavy atom. The summed E-state index contributed by atoms with van der Waals surface area (Å²) in [5.41, 5.74) is 8.12. The number of anilines is 1. The van der Waals surface area contributed by atoms with Gasteiger partial charge in [0, 0.05) is 16.8 Å². The summed E-state index contributed by atoms with van der Waals surface area (Å²) in [7, 11) is 0. The van der Waals surface area contributed by atoms with Crippen molar-refractivity contribution < 1.29 is 4.79 Å². The highest BCUT2D eigenvalue weighted by Crippen LogP contribution is 2.34. The zero-order valence-electron chi connectivity index (χ0n) is 20.1. The van der Waals surface area contributed by atoms with E-state index in [4.69, 9.17) is 4.98 Å².